The van der Waals surface area contributed by atoms with Gasteiger partial charge < -0.3 is 9.30 Å². The van der Waals surface area contributed by atoms with Gasteiger partial charge in [0.05, 0.1) is 5.52 Å². The lowest BCUT2D eigenvalue weighted by Gasteiger charge is -2.40. The van der Waals surface area contributed by atoms with Crippen LogP contribution < -0.4 is 31.5 Å². The molecule has 3 aliphatic rings. The van der Waals surface area contributed by atoms with Crippen molar-refractivity contribution in [2.45, 2.75) is 32.4 Å². The van der Waals surface area contributed by atoms with E-state index in [2.05, 4.69) is 103 Å². The molecule has 1 aromatic heterocycles. The molecular weight excluding hydrogens is 441 g/mol. The van der Waals surface area contributed by atoms with Crippen molar-refractivity contribution in [3.63, 3.8) is 0 Å². The van der Waals surface area contributed by atoms with Crippen molar-refractivity contribution in [3.05, 3.63) is 96.2 Å². The number of benzene rings is 4. The smallest absolute Gasteiger partial charge is 0.250 e. The van der Waals surface area contributed by atoms with Gasteiger partial charge in [-0.2, -0.15) is 0 Å². The second-order valence-corrected chi connectivity index (χ2v) is 15.1. The van der Waals surface area contributed by atoms with Gasteiger partial charge in [-0.15, -0.1) is 0 Å². The molecular formula is C31H26BNOSi. The molecule has 0 saturated heterocycles. The highest BCUT2D eigenvalue weighted by Crippen LogP contribution is 2.36. The maximum atomic E-state index is 6.71. The zero-order valence-electron chi connectivity index (χ0n) is 20.1. The van der Waals surface area contributed by atoms with Crippen LogP contribution in [0.25, 0.3) is 16.6 Å². The highest BCUT2D eigenvalue weighted by Gasteiger charge is 2.45. The summed E-state index contributed by atoms with van der Waals surface area (Å²) in [4.78, 5) is 0. The molecule has 0 saturated carbocycles. The molecule has 4 aromatic carbocycles. The van der Waals surface area contributed by atoms with Crippen molar-refractivity contribution in [1.82, 2.24) is 4.57 Å². The van der Waals surface area contributed by atoms with Gasteiger partial charge in [-0.1, -0.05) is 89.6 Å². The molecule has 0 unspecified atom stereocenters. The Morgan fingerprint density at radius 1 is 0.771 bits per heavy atom. The second kappa shape index (κ2) is 6.80. The normalized spacial score (nSPS) is 16.3. The lowest BCUT2D eigenvalue weighted by Crippen LogP contribution is -2.77. The zero-order chi connectivity index (χ0) is 23.3. The molecule has 4 heteroatoms. The highest BCUT2D eigenvalue weighted by atomic mass is 28.3. The molecule has 0 amide bonds. The number of rotatable bonds is 1. The molecule has 0 atom stereocenters. The molecule has 0 spiro atoms. The van der Waals surface area contributed by atoms with E-state index in [1.54, 1.807) is 5.19 Å². The standard InChI is InChI=1S/C31H26BNOSi/c1-35(2)29-15-6-4-11-24(29)32-23-18-17-20(19-28(23)34-27-14-8-16-30(35)31(27)32)33-25-12-5-3-9-21(25)22-10-7-13-26(22)33/h3-6,8-9,11-12,14-19H,7,10,13H2,1-2H3. The number of hydrogen-bond acceptors (Lipinski definition) is 1. The SMILES string of the molecule is C[Si]1(C)c2ccccc2B2c3ccc(-n4c5c(c6ccccc64)CCC5)cc3Oc3cccc1c32. The van der Waals surface area contributed by atoms with Gasteiger partial charge in [0.1, 0.15) is 19.6 Å². The van der Waals surface area contributed by atoms with Gasteiger partial charge >= 0.3 is 0 Å². The van der Waals surface area contributed by atoms with Crippen LogP contribution in [0.5, 0.6) is 11.5 Å². The fourth-order valence-corrected chi connectivity index (χ4v) is 10.4. The van der Waals surface area contributed by atoms with Crippen LogP contribution >= 0.6 is 0 Å². The lowest BCUT2D eigenvalue weighted by molar-refractivity contribution is 0.487. The third kappa shape index (κ3) is 2.50. The highest BCUT2D eigenvalue weighted by molar-refractivity contribution is 7.14. The van der Waals surface area contributed by atoms with Crippen molar-refractivity contribution in [2.75, 3.05) is 0 Å². The Morgan fingerprint density at radius 2 is 1.60 bits per heavy atom. The predicted molar refractivity (Wildman–Crippen MR) is 150 cm³/mol. The topological polar surface area (TPSA) is 14.2 Å². The van der Waals surface area contributed by atoms with Crippen LogP contribution in [-0.2, 0) is 12.8 Å². The molecule has 0 N–H and O–H groups in total. The predicted octanol–water partition coefficient (Wildman–Crippen LogP) is 3.88. The Balaban J connectivity index is 1.37. The summed E-state index contributed by atoms with van der Waals surface area (Å²) in [6, 6.07) is 31.7. The summed E-state index contributed by atoms with van der Waals surface area (Å²) in [5.41, 5.74) is 9.68. The first-order chi connectivity index (χ1) is 17.1. The van der Waals surface area contributed by atoms with Crippen LogP contribution in [0.15, 0.2) is 84.9 Å². The van der Waals surface area contributed by atoms with Gasteiger partial charge in [-0.05, 0) is 54.0 Å². The average molecular weight is 467 g/mol. The van der Waals surface area contributed by atoms with Gasteiger partial charge in [0.25, 0.3) is 6.71 Å². The van der Waals surface area contributed by atoms with Crippen LogP contribution in [0.3, 0.4) is 0 Å². The van der Waals surface area contributed by atoms with E-state index in [9.17, 15) is 0 Å². The molecule has 35 heavy (non-hydrogen) atoms. The van der Waals surface area contributed by atoms with Gasteiger partial charge in [-0.25, -0.2) is 0 Å². The molecule has 0 fully saturated rings. The van der Waals surface area contributed by atoms with Crippen molar-refractivity contribution in [1.29, 1.82) is 0 Å². The quantitative estimate of drug-likeness (QED) is 0.335. The average Bonchev–Trinajstić information content (AvgIpc) is 3.47. The van der Waals surface area contributed by atoms with E-state index in [1.165, 1.54) is 62.3 Å². The van der Waals surface area contributed by atoms with Gasteiger partial charge in [-0.3, -0.25) is 0 Å². The van der Waals surface area contributed by atoms with Crippen LogP contribution in [-0.4, -0.2) is 19.4 Å². The first kappa shape index (κ1) is 19.8. The van der Waals surface area contributed by atoms with Crippen LogP contribution in [0, 0.1) is 0 Å². The molecule has 1 aliphatic carbocycles. The first-order valence-corrected chi connectivity index (χ1v) is 15.8. The number of aryl methyl sites for hydroxylation is 1. The van der Waals surface area contributed by atoms with Gasteiger partial charge in [0.2, 0.25) is 0 Å². The van der Waals surface area contributed by atoms with E-state index in [0.29, 0.717) is 0 Å². The number of nitrogens with zero attached hydrogens (tertiary/aromatic N) is 1. The van der Waals surface area contributed by atoms with Crippen molar-refractivity contribution < 1.29 is 4.74 Å². The van der Waals surface area contributed by atoms with E-state index >= 15 is 0 Å². The molecule has 2 aliphatic heterocycles. The number of hydrogen-bond donors (Lipinski definition) is 0. The molecule has 168 valence electrons. The van der Waals surface area contributed by atoms with Crippen molar-refractivity contribution in [2.24, 2.45) is 0 Å². The first-order valence-electron chi connectivity index (χ1n) is 12.8. The van der Waals surface area contributed by atoms with Crippen molar-refractivity contribution in [3.8, 4) is 17.2 Å². The van der Waals surface area contributed by atoms with Crippen LogP contribution in [0.4, 0.5) is 0 Å². The number of ether oxygens (including phenoxy) is 1. The summed E-state index contributed by atoms with van der Waals surface area (Å²) in [6.45, 7) is 5.20. The third-order valence-electron chi connectivity index (χ3n) is 8.69. The molecule has 0 radical (unpaired) electrons. The molecule has 8 rings (SSSR count). The minimum Gasteiger partial charge on any atom is -0.458 e. The zero-order valence-corrected chi connectivity index (χ0v) is 21.1. The van der Waals surface area contributed by atoms with Crippen LogP contribution in [0.2, 0.25) is 13.1 Å². The number of para-hydroxylation sites is 1. The van der Waals surface area contributed by atoms with Gasteiger partial charge in [0, 0.05) is 22.8 Å². The van der Waals surface area contributed by atoms with E-state index in [1.807, 2.05) is 0 Å². The van der Waals surface area contributed by atoms with E-state index in [0.717, 1.165) is 17.9 Å². The fourth-order valence-electron chi connectivity index (χ4n) is 7.15. The third-order valence-corrected chi connectivity index (χ3v) is 12.3. The minimum absolute atomic E-state index is 0.239. The fraction of sp³-hybridized carbons (Fsp3) is 0.161. The largest absolute Gasteiger partial charge is 0.458 e. The summed E-state index contributed by atoms with van der Waals surface area (Å²) < 4.78 is 9.20. The summed E-state index contributed by atoms with van der Waals surface area (Å²) in [7, 11) is -1.79. The van der Waals surface area contributed by atoms with Crippen molar-refractivity contribution >= 4 is 52.5 Å². The Labute approximate surface area is 207 Å². The number of fused-ring (bicyclic) bond motifs is 7. The summed E-state index contributed by atoms with van der Waals surface area (Å²) >= 11 is 0. The lowest BCUT2D eigenvalue weighted by atomic mass is 9.35. The Hall–Kier alpha value is -3.50. The Bertz CT molecular complexity index is 1700. The summed E-state index contributed by atoms with van der Waals surface area (Å²) in [5, 5.41) is 4.48. The molecule has 0 bridgehead atoms. The van der Waals surface area contributed by atoms with E-state index in [4.69, 9.17) is 4.74 Å². The second-order valence-electron chi connectivity index (χ2n) is 10.8. The van der Waals surface area contributed by atoms with Gasteiger partial charge in [0.15, 0.2) is 0 Å². The maximum absolute atomic E-state index is 6.71. The molecule has 2 nitrogen and oxygen atoms in total. The van der Waals surface area contributed by atoms with E-state index in [-0.39, 0.29) is 6.71 Å². The summed E-state index contributed by atoms with van der Waals surface area (Å²) in [5.74, 6) is 2.03. The molecule has 5 aromatic rings. The van der Waals surface area contributed by atoms with E-state index < -0.39 is 8.07 Å². The van der Waals surface area contributed by atoms with Crippen LogP contribution in [0.1, 0.15) is 17.7 Å². The number of aromatic nitrogens is 1. The Kier molecular flexibility index (Phi) is 3.84. The monoisotopic (exact) mass is 467 g/mol. The Morgan fingerprint density at radius 3 is 2.54 bits per heavy atom. The molecule has 3 heterocycles. The minimum atomic E-state index is -1.79. The maximum Gasteiger partial charge on any atom is 0.250 e. The summed E-state index contributed by atoms with van der Waals surface area (Å²) in [6.07, 6.45) is 3.56.